The third kappa shape index (κ3) is 4.97. The lowest BCUT2D eigenvalue weighted by atomic mass is 9.78. The van der Waals surface area contributed by atoms with Crippen LogP contribution in [0.3, 0.4) is 0 Å². The van der Waals surface area contributed by atoms with Gasteiger partial charge in [0, 0.05) is 6.04 Å². The van der Waals surface area contributed by atoms with Gasteiger partial charge in [0.2, 0.25) is 0 Å². The lowest BCUT2D eigenvalue weighted by Gasteiger charge is -2.30. The maximum atomic E-state index is 6.22. The van der Waals surface area contributed by atoms with Crippen molar-refractivity contribution >= 4 is 0 Å². The number of rotatable bonds is 7. The molecule has 1 atom stereocenters. The van der Waals surface area contributed by atoms with Gasteiger partial charge in [-0.2, -0.15) is 0 Å². The van der Waals surface area contributed by atoms with E-state index in [4.69, 9.17) is 11.5 Å². The number of nitrogens with two attached hydrogens (primary N) is 2. The largest absolute Gasteiger partial charge is 0.330 e. The van der Waals surface area contributed by atoms with Gasteiger partial charge in [-0.3, -0.25) is 0 Å². The van der Waals surface area contributed by atoms with Gasteiger partial charge < -0.3 is 11.5 Å². The lowest BCUT2D eigenvalue weighted by molar-refractivity contribution is 0.227. The van der Waals surface area contributed by atoms with Crippen molar-refractivity contribution in [2.24, 2.45) is 29.2 Å². The summed E-state index contributed by atoms with van der Waals surface area (Å²) < 4.78 is 0. The molecule has 0 heterocycles. The molecule has 2 nitrogen and oxygen atoms in total. The van der Waals surface area contributed by atoms with E-state index in [1.54, 1.807) is 0 Å². The predicted octanol–water partition coefficient (Wildman–Crippen LogP) is 2.37. The predicted molar refractivity (Wildman–Crippen MR) is 64.0 cm³/mol. The number of hydrogen-bond donors (Lipinski definition) is 2. The van der Waals surface area contributed by atoms with Crippen LogP contribution in [0.4, 0.5) is 0 Å². The first-order valence-electron chi connectivity index (χ1n) is 5.96. The first kappa shape index (κ1) is 13.9. The molecule has 0 saturated carbocycles. The zero-order valence-electron chi connectivity index (χ0n) is 10.3. The second kappa shape index (κ2) is 7.24. The summed E-state index contributed by atoms with van der Waals surface area (Å²) in [5.74, 6) is 2.01. The molecular formula is C12H28N2. The summed E-state index contributed by atoms with van der Waals surface area (Å²) in [6.45, 7) is 9.88. The molecule has 2 heteroatoms. The Morgan fingerprint density at radius 1 is 0.929 bits per heavy atom. The molecule has 0 aliphatic heterocycles. The second-order valence-corrected chi connectivity index (χ2v) is 5.01. The van der Waals surface area contributed by atoms with Gasteiger partial charge in [0.25, 0.3) is 0 Å². The lowest BCUT2D eigenvalue weighted by Crippen LogP contribution is -2.36. The Morgan fingerprint density at radius 3 is 1.79 bits per heavy atom. The summed E-state index contributed by atoms with van der Waals surface area (Å²) in [5, 5.41) is 0. The Balaban J connectivity index is 3.96. The van der Waals surface area contributed by atoms with E-state index in [-0.39, 0.29) is 0 Å². The van der Waals surface area contributed by atoms with Crippen molar-refractivity contribution in [1.29, 1.82) is 0 Å². The van der Waals surface area contributed by atoms with E-state index in [9.17, 15) is 0 Å². The maximum Gasteiger partial charge on any atom is 0.00720 e. The molecule has 4 N–H and O–H groups in total. The van der Waals surface area contributed by atoms with Crippen molar-refractivity contribution in [1.82, 2.24) is 0 Å². The fourth-order valence-corrected chi connectivity index (χ4v) is 2.48. The first-order valence-corrected chi connectivity index (χ1v) is 5.96. The van der Waals surface area contributed by atoms with E-state index in [1.165, 1.54) is 6.42 Å². The molecule has 0 aromatic rings. The Hall–Kier alpha value is -0.0800. The molecule has 0 aromatic heterocycles. The quantitative estimate of drug-likeness (QED) is 0.620. The Bertz CT molecular complexity index is 124. The summed E-state index contributed by atoms with van der Waals surface area (Å²) in [5.41, 5.74) is 11.7. The van der Waals surface area contributed by atoms with Gasteiger partial charge in [-0.1, -0.05) is 34.1 Å². The van der Waals surface area contributed by atoms with Crippen LogP contribution in [-0.2, 0) is 0 Å². The molecule has 0 bridgehead atoms. The molecule has 0 aromatic carbocycles. The Labute approximate surface area is 89.4 Å². The maximum absolute atomic E-state index is 6.22. The highest BCUT2D eigenvalue weighted by Gasteiger charge is 2.23. The first-order chi connectivity index (χ1) is 6.50. The molecule has 0 spiro atoms. The van der Waals surface area contributed by atoms with Crippen molar-refractivity contribution in [2.45, 2.75) is 53.0 Å². The average Bonchev–Trinajstić information content (AvgIpc) is 2.03. The van der Waals surface area contributed by atoms with Crippen molar-refractivity contribution in [3.05, 3.63) is 0 Å². The molecule has 1 unspecified atom stereocenters. The SMILES string of the molecule is CC(C)C(C(C)C)C(N)CCCCN. The summed E-state index contributed by atoms with van der Waals surface area (Å²) in [6.07, 6.45) is 3.41. The van der Waals surface area contributed by atoms with Crippen LogP contribution < -0.4 is 11.5 Å². The van der Waals surface area contributed by atoms with Crippen LogP contribution >= 0.6 is 0 Å². The third-order valence-electron chi connectivity index (χ3n) is 3.03. The van der Waals surface area contributed by atoms with Crippen LogP contribution in [0.15, 0.2) is 0 Å². The van der Waals surface area contributed by atoms with Crippen LogP contribution in [0.25, 0.3) is 0 Å². The minimum Gasteiger partial charge on any atom is -0.330 e. The Morgan fingerprint density at radius 2 is 1.43 bits per heavy atom. The minimum absolute atomic E-state index is 0.349. The van der Waals surface area contributed by atoms with E-state index < -0.39 is 0 Å². The fourth-order valence-electron chi connectivity index (χ4n) is 2.48. The highest BCUT2D eigenvalue weighted by Crippen LogP contribution is 2.25. The summed E-state index contributed by atoms with van der Waals surface area (Å²) >= 11 is 0. The summed E-state index contributed by atoms with van der Waals surface area (Å²) in [4.78, 5) is 0. The van der Waals surface area contributed by atoms with Crippen molar-refractivity contribution in [3.8, 4) is 0 Å². The molecule has 0 rings (SSSR count). The van der Waals surface area contributed by atoms with Crippen LogP contribution in [-0.4, -0.2) is 12.6 Å². The second-order valence-electron chi connectivity index (χ2n) is 5.01. The molecular weight excluding hydrogens is 172 g/mol. The molecule has 0 saturated heterocycles. The van der Waals surface area contributed by atoms with Gasteiger partial charge in [-0.05, 0) is 37.1 Å². The van der Waals surface area contributed by atoms with E-state index in [1.807, 2.05) is 0 Å². The monoisotopic (exact) mass is 200 g/mol. The molecule has 0 aliphatic rings. The number of unbranched alkanes of at least 4 members (excludes halogenated alkanes) is 1. The standard InChI is InChI=1S/C12H28N2/c1-9(2)12(10(3)4)11(14)7-5-6-8-13/h9-12H,5-8,13-14H2,1-4H3. The van der Waals surface area contributed by atoms with Crippen LogP contribution in [0.1, 0.15) is 47.0 Å². The van der Waals surface area contributed by atoms with E-state index >= 15 is 0 Å². The highest BCUT2D eigenvalue weighted by molar-refractivity contribution is 4.78. The zero-order valence-corrected chi connectivity index (χ0v) is 10.3. The minimum atomic E-state index is 0.349. The van der Waals surface area contributed by atoms with E-state index in [2.05, 4.69) is 27.7 Å². The molecule has 0 amide bonds. The van der Waals surface area contributed by atoms with Gasteiger partial charge in [-0.15, -0.1) is 0 Å². The van der Waals surface area contributed by atoms with Crippen molar-refractivity contribution < 1.29 is 0 Å². The Kier molecular flexibility index (Phi) is 7.20. The molecule has 14 heavy (non-hydrogen) atoms. The normalized spacial score (nSPS) is 14.4. The fraction of sp³-hybridized carbons (Fsp3) is 1.00. The highest BCUT2D eigenvalue weighted by atomic mass is 14.7. The van der Waals surface area contributed by atoms with Gasteiger partial charge in [-0.25, -0.2) is 0 Å². The molecule has 0 aliphatic carbocycles. The molecule has 0 radical (unpaired) electrons. The van der Waals surface area contributed by atoms with Crippen LogP contribution in [0, 0.1) is 17.8 Å². The summed E-state index contributed by atoms with van der Waals surface area (Å²) in [6, 6.07) is 0.349. The number of hydrogen-bond acceptors (Lipinski definition) is 2. The van der Waals surface area contributed by atoms with Crippen molar-refractivity contribution in [2.75, 3.05) is 6.54 Å². The van der Waals surface area contributed by atoms with Crippen LogP contribution in [0.2, 0.25) is 0 Å². The van der Waals surface area contributed by atoms with E-state index in [0.29, 0.717) is 23.8 Å². The van der Waals surface area contributed by atoms with E-state index in [0.717, 1.165) is 19.4 Å². The van der Waals surface area contributed by atoms with Gasteiger partial charge in [0.15, 0.2) is 0 Å². The zero-order chi connectivity index (χ0) is 11.1. The third-order valence-corrected chi connectivity index (χ3v) is 3.03. The topological polar surface area (TPSA) is 52.0 Å². The van der Waals surface area contributed by atoms with Gasteiger partial charge in [0.1, 0.15) is 0 Å². The average molecular weight is 200 g/mol. The molecule has 86 valence electrons. The smallest absolute Gasteiger partial charge is 0.00720 e. The van der Waals surface area contributed by atoms with Gasteiger partial charge >= 0.3 is 0 Å². The summed E-state index contributed by atoms with van der Waals surface area (Å²) in [7, 11) is 0. The molecule has 0 fully saturated rings. The van der Waals surface area contributed by atoms with Gasteiger partial charge in [0.05, 0.1) is 0 Å². The van der Waals surface area contributed by atoms with Crippen LogP contribution in [0.5, 0.6) is 0 Å². The van der Waals surface area contributed by atoms with Crippen molar-refractivity contribution in [3.63, 3.8) is 0 Å².